The van der Waals surface area contributed by atoms with Gasteiger partial charge in [0.1, 0.15) is 0 Å². The van der Waals surface area contributed by atoms with Gasteiger partial charge in [-0.15, -0.1) is 0 Å². The number of nitro groups is 1. The number of nitro benzene ring substituents is 1. The van der Waals surface area contributed by atoms with Crippen LogP contribution in [0.15, 0.2) is 12.1 Å². The standard InChI is InChI=1S/C8H6F2N2O3/c9-5-1-2-6(12(14)15)4(8(5)10)3-7(11)13/h1-2H,3H2,(H2,11,13). The van der Waals surface area contributed by atoms with E-state index >= 15 is 0 Å². The number of carbonyl (C=O) groups is 1. The summed E-state index contributed by atoms with van der Waals surface area (Å²) in [6.45, 7) is 0. The first kappa shape index (κ1) is 11.0. The van der Waals surface area contributed by atoms with Gasteiger partial charge in [0.05, 0.1) is 16.9 Å². The Hall–Kier alpha value is -2.05. The molecule has 0 aromatic heterocycles. The lowest BCUT2D eigenvalue weighted by Gasteiger charge is -2.02. The second kappa shape index (κ2) is 3.99. The van der Waals surface area contributed by atoms with E-state index < -0.39 is 40.1 Å². The number of rotatable bonds is 3. The fourth-order valence-electron chi connectivity index (χ4n) is 1.10. The van der Waals surface area contributed by atoms with Crippen LogP contribution in [0.4, 0.5) is 14.5 Å². The summed E-state index contributed by atoms with van der Waals surface area (Å²) in [5.41, 5.74) is 3.47. The van der Waals surface area contributed by atoms with Crippen LogP contribution >= 0.6 is 0 Å². The summed E-state index contributed by atoms with van der Waals surface area (Å²) >= 11 is 0. The summed E-state index contributed by atoms with van der Waals surface area (Å²) < 4.78 is 25.8. The molecule has 0 heterocycles. The zero-order valence-electron chi connectivity index (χ0n) is 7.37. The molecular weight excluding hydrogens is 210 g/mol. The third kappa shape index (κ3) is 2.25. The number of amides is 1. The Balaban J connectivity index is 3.34. The number of nitrogens with two attached hydrogens (primary N) is 1. The van der Waals surface area contributed by atoms with E-state index in [0.717, 1.165) is 6.07 Å². The van der Waals surface area contributed by atoms with Crippen molar-refractivity contribution in [3.8, 4) is 0 Å². The summed E-state index contributed by atoms with van der Waals surface area (Å²) in [7, 11) is 0. The van der Waals surface area contributed by atoms with Crippen LogP contribution in [0.5, 0.6) is 0 Å². The molecule has 7 heteroatoms. The van der Waals surface area contributed by atoms with Crippen molar-refractivity contribution < 1.29 is 18.5 Å². The van der Waals surface area contributed by atoms with Crippen LogP contribution in [-0.4, -0.2) is 10.8 Å². The van der Waals surface area contributed by atoms with E-state index in [1.54, 1.807) is 0 Å². The molecule has 5 nitrogen and oxygen atoms in total. The molecule has 0 aliphatic rings. The molecule has 0 aliphatic carbocycles. The minimum atomic E-state index is -1.41. The molecule has 0 radical (unpaired) electrons. The Bertz CT molecular complexity index is 434. The molecule has 0 fully saturated rings. The van der Waals surface area contributed by atoms with Gasteiger partial charge < -0.3 is 5.73 Å². The predicted octanol–water partition coefficient (Wildman–Crippen LogP) is 0.901. The van der Waals surface area contributed by atoms with Gasteiger partial charge in [0, 0.05) is 6.07 Å². The molecule has 1 aromatic carbocycles. The first-order valence-corrected chi connectivity index (χ1v) is 3.83. The summed E-state index contributed by atoms with van der Waals surface area (Å²) in [5.74, 6) is -3.64. The van der Waals surface area contributed by atoms with Gasteiger partial charge in [-0.05, 0) is 6.07 Å². The van der Waals surface area contributed by atoms with Crippen molar-refractivity contribution >= 4 is 11.6 Å². The highest BCUT2D eigenvalue weighted by Gasteiger charge is 2.22. The summed E-state index contributed by atoms with van der Waals surface area (Å²) in [4.78, 5) is 20.0. The second-order valence-electron chi connectivity index (χ2n) is 2.76. The SMILES string of the molecule is NC(=O)Cc1c([N+](=O)[O-])ccc(F)c1F. The number of carbonyl (C=O) groups excluding carboxylic acids is 1. The Morgan fingerprint density at radius 1 is 1.47 bits per heavy atom. The first-order valence-electron chi connectivity index (χ1n) is 3.83. The van der Waals surface area contributed by atoms with Gasteiger partial charge in [0.2, 0.25) is 5.91 Å². The molecule has 0 aliphatic heterocycles. The molecule has 1 aromatic rings. The van der Waals surface area contributed by atoms with Crippen LogP contribution in [0.3, 0.4) is 0 Å². The van der Waals surface area contributed by atoms with Gasteiger partial charge in [0.15, 0.2) is 11.6 Å². The monoisotopic (exact) mass is 216 g/mol. The van der Waals surface area contributed by atoms with Crippen LogP contribution in [0, 0.1) is 21.7 Å². The van der Waals surface area contributed by atoms with Gasteiger partial charge >= 0.3 is 0 Å². The number of nitrogens with zero attached hydrogens (tertiary/aromatic N) is 1. The molecule has 0 bridgehead atoms. The summed E-state index contributed by atoms with van der Waals surface area (Å²) in [5, 5.41) is 10.4. The molecule has 80 valence electrons. The molecule has 0 spiro atoms. The maximum atomic E-state index is 13.1. The van der Waals surface area contributed by atoms with Gasteiger partial charge in [-0.25, -0.2) is 8.78 Å². The van der Waals surface area contributed by atoms with Gasteiger partial charge in [-0.3, -0.25) is 14.9 Å². The molecule has 0 saturated carbocycles. The zero-order chi connectivity index (χ0) is 11.6. The Labute approximate surface area is 82.6 Å². The Kier molecular flexibility index (Phi) is 2.93. The molecule has 0 saturated heterocycles. The number of halogens is 2. The molecular formula is C8H6F2N2O3. The van der Waals surface area contributed by atoms with E-state index in [1.807, 2.05) is 0 Å². The third-order valence-electron chi connectivity index (χ3n) is 1.72. The van der Waals surface area contributed by atoms with E-state index in [9.17, 15) is 23.7 Å². The smallest absolute Gasteiger partial charge is 0.276 e. The molecule has 1 amide bonds. The average Bonchev–Trinajstić information content (AvgIpc) is 2.12. The third-order valence-corrected chi connectivity index (χ3v) is 1.72. The number of benzene rings is 1. The molecule has 1 rings (SSSR count). The predicted molar refractivity (Wildman–Crippen MR) is 45.9 cm³/mol. The zero-order valence-corrected chi connectivity index (χ0v) is 7.37. The van der Waals surface area contributed by atoms with E-state index in [4.69, 9.17) is 5.73 Å². The fourth-order valence-corrected chi connectivity index (χ4v) is 1.10. The molecule has 0 atom stereocenters. The number of hydrogen-bond donors (Lipinski definition) is 1. The first-order chi connectivity index (χ1) is 6.93. The van der Waals surface area contributed by atoms with E-state index in [1.165, 1.54) is 0 Å². The van der Waals surface area contributed by atoms with Crippen molar-refractivity contribution in [1.29, 1.82) is 0 Å². The van der Waals surface area contributed by atoms with E-state index in [2.05, 4.69) is 0 Å². The van der Waals surface area contributed by atoms with Crippen molar-refractivity contribution in [2.75, 3.05) is 0 Å². The van der Waals surface area contributed by atoms with Crippen LogP contribution in [-0.2, 0) is 11.2 Å². The van der Waals surface area contributed by atoms with Gasteiger partial charge in [-0.1, -0.05) is 0 Å². The quantitative estimate of drug-likeness (QED) is 0.601. The normalized spacial score (nSPS) is 10.0. The lowest BCUT2D eigenvalue weighted by atomic mass is 10.1. The van der Waals surface area contributed by atoms with Crippen molar-refractivity contribution in [3.05, 3.63) is 39.4 Å². The average molecular weight is 216 g/mol. The van der Waals surface area contributed by atoms with E-state index in [-0.39, 0.29) is 0 Å². The molecule has 0 unspecified atom stereocenters. The number of hydrogen-bond acceptors (Lipinski definition) is 3. The highest BCUT2D eigenvalue weighted by atomic mass is 19.2. The number of primary amides is 1. The van der Waals surface area contributed by atoms with E-state index in [0.29, 0.717) is 6.07 Å². The van der Waals surface area contributed by atoms with Crippen molar-refractivity contribution in [3.63, 3.8) is 0 Å². The molecule has 15 heavy (non-hydrogen) atoms. The van der Waals surface area contributed by atoms with Crippen molar-refractivity contribution in [2.45, 2.75) is 6.42 Å². The molecule has 2 N–H and O–H groups in total. The Morgan fingerprint density at radius 3 is 2.53 bits per heavy atom. The lowest BCUT2D eigenvalue weighted by Crippen LogP contribution is -2.16. The lowest BCUT2D eigenvalue weighted by molar-refractivity contribution is -0.385. The highest BCUT2D eigenvalue weighted by Crippen LogP contribution is 2.23. The second-order valence-corrected chi connectivity index (χ2v) is 2.76. The maximum absolute atomic E-state index is 13.1. The minimum Gasteiger partial charge on any atom is -0.369 e. The maximum Gasteiger partial charge on any atom is 0.276 e. The minimum absolute atomic E-state index is 0.623. The van der Waals surface area contributed by atoms with Crippen molar-refractivity contribution in [2.24, 2.45) is 5.73 Å². The van der Waals surface area contributed by atoms with Crippen molar-refractivity contribution in [1.82, 2.24) is 0 Å². The van der Waals surface area contributed by atoms with Gasteiger partial charge in [-0.2, -0.15) is 0 Å². The van der Waals surface area contributed by atoms with Crippen LogP contribution in [0.25, 0.3) is 0 Å². The summed E-state index contributed by atoms with van der Waals surface area (Å²) in [6, 6.07) is 1.41. The largest absolute Gasteiger partial charge is 0.369 e. The highest BCUT2D eigenvalue weighted by molar-refractivity contribution is 5.78. The summed E-state index contributed by atoms with van der Waals surface area (Å²) in [6.07, 6.45) is -0.708. The Morgan fingerprint density at radius 2 is 2.07 bits per heavy atom. The topological polar surface area (TPSA) is 86.2 Å². The van der Waals surface area contributed by atoms with Crippen LogP contribution in [0.2, 0.25) is 0 Å². The van der Waals surface area contributed by atoms with Crippen LogP contribution in [0.1, 0.15) is 5.56 Å². The fraction of sp³-hybridized carbons (Fsp3) is 0.125. The van der Waals surface area contributed by atoms with Gasteiger partial charge in [0.25, 0.3) is 5.69 Å². The van der Waals surface area contributed by atoms with Crippen LogP contribution < -0.4 is 5.73 Å².